The highest BCUT2D eigenvalue weighted by Crippen LogP contribution is 2.33. The fraction of sp³-hybridized carbons (Fsp3) is 0.533. The third-order valence-electron chi connectivity index (χ3n) is 3.77. The molecule has 4 heteroatoms. The van der Waals surface area contributed by atoms with Gasteiger partial charge in [0.1, 0.15) is 0 Å². The molecule has 0 aliphatic carbocycles. The molecule has 2 N–H and O–H groups in total. The predicted molar refractivity (Wildman–Crippen MR) is 78.0 cm³/mol. The number of hydrogen-bond donors (Lipinski definition) is 1. The van der Waals surface area contributed by atoms with Crippen LogP contribution in [0.4, 0.5) is 0 Å². The van der Waals surface area contributed by atoms with Gasteiger partial charge in [-0.15, -0.1) is 0 Å². The molecule has 1 heterocycles. The second kappa shape index (κ2) is 5.93. The van der Waals surface area contributed by atoms with E-state index in [1.807, 2.05) is 43.0 Å². The summed E-state index contributed by atoms with van der Waals surface area (Å²) in [4.78, 5) is 14.3. The van der Waals surface area contributed by atoms with Crippen molar-refractivity contribution in [3.8, 4) is 0 Å². The van der Waals surface area contributed by atoms with Crippen LogP contribution >= 0.6 is 11.6 Å². The van der Waals surface area contributed by atoms with Gasteiger partial charge in [-0.1, -0.05) is 37.6 Å². The maximum atomic E-state index is 12.4. The van der Waals surface area contributed by atoms with E-state index in [0.29, 0.717) is 5.02 Å². The number of hydrogen-bond acceptors (Lipinski definition) is 2. The van der Waals surface area contributed by atoms with Crippen LogP contribution in [0.3, 0.4) is 0 Å². The zero-order valence-electron chi connectivity index (χ0n) is 11.5. The van der Waals surface area contributed by atoms with Gasteiger partial charge in [0, 0.05) is 11.6 Å². The van der Waals surface area contributed by atoms with Crippen molar-refractivity contribution >= 4 is 17.5 Å². The lowest BCUT2D eigenvalue weighted by Crippen LogP contribution is -2.46. The fourth-order valence-corrected chi connectivity index (χ4v) is 2.77. The van der Waals surface area contributed by atoms with Gasteiger partial charge in [0.2, 0.25) is 5.91 Å². The Balaban J connectivity index is 2.19. The van der Waals surface area contributed by atoms with E-state index in [2.05, 4.69) is 0 Å². The maximum Gasteiger partial charge on any atom is 0.240 e. The van der Waals surface area contributed by atoms with Crippen LogP contribution < -0.4 is 5.73 Å². The third-order valence-corrected chi connectivity index (χ3v) is 4.01. The molecule has 1 saturated heterocycles. The van der Waals surface area contributed by atoms with E-state index in [4.69, 9.17) is 17.3 Å². The number of rotatable bonds is 3. The minimum atomic E-state index is -0.417. The summed E-state index contributed by atoms with van der Waals surface area (Å²) < 4.78 is 0. The average Bonchev–Trinajstić information content (AvgIpc) is 2.86. The molecule has 0 aromatic heterocycles. The van der Waals surface area contributed by atoms with Crippen molar-refractivity contribution in [2.24, 2.45) is 11.7 Å². The number of amides is 1. The summed E-state index contributed by atoms with van der Waals surface area (Å²) in [6, 6.07) is 7.46. The highest BCUT2D eigenvalue weighted by molar-refractivity contribution is 6.30. The van der Waals surface area contributed by atoms with E-state index < -0.39 is 6.04 Å². The normalized spacial score (nSPS) is 20.9. The lowest BCUT2D eigenvalue weighted by molar-refractivity contribution is -0.134. The first-order chi connectivity index (χ1) is 9.00. The van der Waals surface area contributed by atoms with Crippen LogP contribution in [0.15, 0.2) is 24.3 Å². The Morgan fingerprint density at radius 1 is 1.47 bits per heavy atom. The molecule has 0 saturated carbocycles. The van der Waals surface area contributed by atoms with Crippen LogP contribution in [0.5, 0.6) is 0 Å². The maximum absolute atomic E-state index is 12.4. The van der Waals surface area contributed by atoms with E-state index in [9.17, 15) is 4.79 Å². The number of halogens is 1. The van der Waals surface area contributed by atoms with Crippen LogP contribution in [-0.4, -0.2) is 23.4 Å². The van der Waals surface area contributed by atoms with Crippen molar-refractivity contribution in [1.29, 1.82) is 0 Å². The molecule has 19 heavy (non-hydrogen) atoms. The lowest BCUT2D eigenvalue weighted by Gasteiger charge is -2.29. The Morgan fingerprint density at radius 3 is 2.84 bits per heavy atom. The summed E-state index contributed by atoms with van der Waals surface area (Å²) in [5, 5.41) is 0.713. The first-order valence-corrected chi connectivity index (χ1v) is 7.20. The number of nitrogens with two attached hydrogens (primary N) is 1. The molecule has 1 amide bonds. The van der Waals surface area contributed by atoms with Crippen molar-refractivity contribution in [2.75, 3.05) is 6.54 Å². The Labute approximate surface area is 119 Å². The molecule has 2 atom stereocenters. The van der Waals surface area contributed by atoms with Crippen molar-refractivity contribution in [3.63, 3.8) is 0 Å². The largest absolute Gasteiger partial charge is 0.334 e. The minimum absolute atomic E-state index is 0.0532. The Kier molecular flexibility index (Phi) is 4.48. The summed E-state index contributed by atoms with van der Waals surface area (Å²) in [5.74, 6) is 0.214. The molecule has 1 aliphatic heterocycles. The van der Waals surface area contributed by atoms with Crippen LogP contribution in [0.25, 0.3) is 0 Å². The number of benzene rings is 1. The summed E-state index contributed by atoms with van der Waals surface area (Å²) in [7, 11) is 0. The van der Waals surface area contributed by atoms with Gasteiger partial charge in [-0.3, -0.25) is 4.79 Å². The molecule has 1 unspecified atom stereocenters. The summed E-state index contributed by atoms with van der Waals surface area (Å²) in [6.45, 7) is 4.75. The van der Waals surface area contributed by atoms with Crippen molar-refractivity contribution < 1.29 is 4.79 Å². The fourth-order valence-electron chi connectivity index (χ4n) is 2.57. The second-order valence-corrected chi connectivity index (χ2v) is 5.95. The molecular weight excluding hydrogens is 260 g/mol. The van der Waals surface area contributed by atoms with Gasteiger partial charge >= 0.3 is 0 Å². The Bertz CT molecular complexity index is 461. The van der Waals surface area contributed by atoms with Gasteiger partial charge in [0.25, 0.3) is 0 Å². The molecule has 0 radical (unpaired) electrons. The third kappa shape index (κ3) is 3.10. The Hall–Kier alpha value is -1.06. The SMILES string of the molecule is CC(C)[C@@H](N)C(=O)N1CCCC1c1cccc(Cl)c1. The molecule has 1 aliphatic rings. The van der Waals surface area contributed by atoms with Crippen molar-refractivity contribution in [1.82, 2.24) is 4.90 Å². The van der Waals surface area contributed by atoms with Crippen LogP contribution in [0, 0.1) is 5.92 Å². The Morgan fingerprint density at radius 2 is 2.21 bits per heavy atom. The zero-order valence-corrected chi connectivity index (χ0v) is 12.2. The van der Waals surface area contributed by atoms with Crippen LogP contribution in [0.2, 0.25) is 5.02 Å². The highest BCUT2D eigenvalue weighted by Gasteiger charge is 2.33. The van der Waals surface area contributed by atoms with E-state index >= 15 is 0 Å². The molecular formula is C15H21ClN2O. The standard InChI is InChI=1S/C15H21ClN2O/c1-10(2)14(17)15(19)18-8-4-7-13(18)11-5-3-6-12(16)9-11/h3,5-6,9-10,13-14H,4,7-8,17H2,1-2H3/t13?,14-/m1/s1. The van der Waals surface area contributed by atoms with E-state index in [1.54, 1.807) is 0 Å². The zero-order chi connectivity index (χ0) is 14.0. The molecule has 0 spiro atoms. The monoisotopic (exact) mass is 280 g/mol. The molecule has 1 aromatic rings. The van der Waals surface area contributed by atoms with E-state index in [0.717, 1.165) is 24.9 Å². The first-order valence-electron chi connectivity index (χ1n) is 6.82. The molecule has 1 aromatic carbocycles. The smallest absolute Gasteiger partial charge is 0.240 e. The number of carbonyl (C=O) groups is 1. The van der Waals surface area contributed by atoms with Gasteiger partial charge in [0.15, 0.2) is 0 Å². The second-order valence-electron chi connectivity index (χ2n) is 5.51. The van der Waals surface area contributed by atoms with Crippen LogP contribution in [-0.2, 0) is 4.79 Å². The molecule has 2 rings (SSSR count). The molecule has 104 valence electrons. The van der Waals surface area contributed by atoms with Gasteiger partial charge in [-0.25, -0.2) is 0 Å². The van der Waals surface area contributed by atoms with E-state index in [1.165, 1.54) is 0 Å². The topological polar surface area (TPSA) is 46.3 Å². The summed E-state index contributed by atoms with van der Waals surface area (Å²) in [6.07, 6.45) is 2.00. The highest BCUT2D eigenvalue weighted by atomic mass is 35.5. The predicted octanol–water partition coefficient (Wildman–Crippen LogP) is 2.99. The minimum Gasteiger partial charge on any atom is -0.334 e. The van der Waals surface area contributed by atoms with Crippen molar-refractivity contribution in [2.45, 2.75) is 38.8 Å². The number of likely N-dealkylation sites (tertiary alicyclic amines) is 1. The number of carbonyl (C=O) groups excluding carboxylic acids is 1. The van der Waals surface area contributed by atoms with Gasteiger partial charge in [-0.2, -0.15) is 0 Å². The molecule has 1 fully saturated rings. The quantitative estimate of drug-likeness (QED) is 0.925. The van der Waals surface area contributed by atoms with Gasteiger partial charge < -0.3 is 10.6 Å². The van der Waals surface area contributed by atoms with Crippen molar-refractivity contribution in [3.05, 3.63) is 34.9 Å². The number of nitrogens with zero attached hydrogens (tertiary/aromatic N) is 1. The molecule has 3 nitrogen and oxygen atoms in total. The van der Waals surface area contributed by atoms with Gasteiger partial charge in [-0.05, 0) is 36.5 Å². The summed E-state index contributed by atoms with van der Waals surface area (Å²) >= 11 is 6.04. The first kappa shape index (κ1) is 14.4. The summed E-state index contributed by atoms with van der Waals surface area (Å²) in [5.41, 5.74) is 7.10. The lowest BCUT2D eigenvalue weighted by atomic mass is 10.0. The van der Waals surface area contributed by atoms with Crippen LogP contribution in [0.1, 0.15) is 38.3 Å². The average molecular weight is 281 g/mol. The van der Waals surface area contributed by atoms with E-state index in [-0.39, 0.29) is 17.9 Å². The van der Waals surface area contributed by atoms with Gasteiger partial charge in [0.05, 0.1) is 12.1 Å². The molecule has 0 bridgehead atoms.